The average molecular weight is 412 g/mol. The first-order valence-electron chi connectivity index (χ1n) is 9.25. The molecular formula is C22H16N6O3. The van der Waals surface area contributed by atoms with Gasteiger partial charge in [-0.2, -0.15) is 10.2 Å². The van der Waals surface area contributed by atoms with E-state index < -0.39 is 4.92 Å². The molecule has 0 aliphatic heterocycles. The zero-order valence-electron chi connectivity index (χ0n) is 16.1. The summed E-state index contributed by atoms with van der Waals surface area (Å²) in [7, 11) is 0. The van der Waals surface area contributed by atoms with Crippen molar-refractivity contribution in [2.24, 2.45) is 5.10 Å². The van der Waals surface area contributed by atoms with Gasteiger partial charge in [-0.1, -0.05) is 30.3 Å². The van der Waals surface area contributed by atoms with Crippen LogP contribution in [0.3, 0.4) is 0 Å². The summed E-state index contributed by atoms with van der Waals surface area (Å²) < 4.78 is 1.65. The van der Waals surface area contributed by atoms with Crippen LogP contribution in [0.25, 0.3) is 16.9 Å². The number of nitrogens with one attached hydrogen (secondary N) is 1. The second-order valence-electron chi connectivity index (χ2n) is 6.46. The molecule has 9 nitrogen and oxygen atoms in total. The Morgan fingerprint density at radius 1 is 1.06 bits per heavy atom. The Labute approximate surface area is 176 Å². The molecule has 152 valence electrons. The quantitative estimate of drug-likeness (QED) is 0.295. The molecule has 0 radical (unpaired) electrons. The van der Waals surface area contributed by atoms with Crippen LogP contribution in [-0.2, 0) is 0 Å². The minimum absolute atomic E-state index is 0.0411. The fourth-order valence-electron chi connectivity index (χ4n) is 2.91. The van der Waals surface area contributed by atoms with Gasteiger partial charge in [0.05, 0.1) is 16.8 Å². The van der Waals surface area contributed by atoms with Gasteiger partial charge < -0.3 is 0 Å². The highest BCUT2D eigenvalue weighted by Gasteiger charge is 2.14. The number of para-hydroxylation sites is 1. The summed E-state index contributed by atoms with van der Waals surface area (Å²) in [5, 5.41) is 19.8. The van der Waals surface area contributed by atoms with E-state index in [2.05, 4.69) is 20.6 Å². The molecule has 0 saturated carbocycles. The SMILES string of the molecule is O=C(NN=Cc1cn(-c2ccccc2)nc1-c1cccc([N+](=O)[O-])c1)c1ccncc1. The summed E-state index contributed by atoms with van der Waals surface area (Å²) in [4.78, 5) is 26.8. The van der Waals surface area contributed by atoms with Crippen LogP contribution in [0.5, 0.6) is 0 Å². The molecule has 0 fully saturated rings. The van der Waals surface area contributed by atoms with Crippen molar-refractivity contribution in [3.8, 4) is 16.9 Å². The van der Waals surface area contributed by atoms with E-state index in [0.717, 1.165) is 5.69 Å². The summed E-state index contributed by atoms with van der Waals surface area (Å²) in [5.41, 5.74) is 5.30. The number of nitro benzene ring substituents is 1. The number of non-ortho nitro benzene ring substituents is 1. The van der Waals surface area contributed by atoms with Crippen molar-refractivity contribution in [2.75, 3.05) is 0 Å². The highest BCUT2D eigenvalue weighted by Crippen LogP contribution is 2.26. The van der Waals surface area contributed by atoms with Crippen LogP contribution >= 0.6 is 0 Å². The molecule has 2 aromatic carbocycles. The second-order valence-corrected chi connectivity index (χ2v) is 6.46. The smallest absolute Gasteiger partial charge is 0.267 e. The van der Waals surface area contributed by atoms with Crippen LogP contribution < -0.4 is 5.43 Å². The number of carbonyl (C=O) groups excluding carboxylic acids is 1. The lowest BCUT2D eigenvalue weighted by Crippen LogP contribution is -2.17. The third kappa shape index (κ3) is 4.51. The Morgan fingerprint density at radius 2 is 1.84 bits per heavy atom. The number of aromatic nitrogens is 3. The molecule has 0 bridgehead atoms. The molecule has 0 aliphatic carbocycles. The van der Waals surface area contributed by atoms with Crippen LogP contribution in [0, 0.1) is 10.1 Å². The Kier molecular flexibility index (Phi) is 5.57. The number of nitro groups is 1. The summed E-state index contributed by atoms with van der Waals surface area (Å²) >= 11 is 0. The molecule has 2 heterocycles. The number of amides is 1. The van der Waals surface area contributed by atoms with E-state index in [0.29, 0.717) is 22.4 Å². The average Bonchev–Trinajstić information content (AvgIpc) is 3.24. The van der Waals surface area contributed by atoms with E-state index in [-0.39, 0.29) is 11.6 Å². The first kappa shape index (κ1) is 19.6. The molecule has 0 aliphatic rings. The fourth-order valence-corrected chi connectivity index (χ4v) is 2.91. The number of carbonyl (C=O) groups is 1. The number of hydrogen-bond donors (Lipinski definition) is 1. The topological polar surface area (TPSA) is 115 Å². The largest absolute Gasteiger partial charge is 0.271 e. The molecule has 0 atom stereocenters. The minimum Gasteiger partial charge on any atom is -0.267 e. The van der Waals surface area contributed by atoms with E-state index in [9.17, 15) is 14.9 Å². The summed E-state index contributed by atoms with van der Waals surface area (Å²) in [6, 6.07) is 18.8. The van der Waals surface area contributed by atoms with Crippen LogP contribution in [-0.4, -0.2) is 31.8 Å². The van der Waals surface area contributed by atoms with Crippen molar-refractivity contribution >= 4 is 17.8 Å². The van der Waals surface area contributed by atoms with Crippen molar-refractivity contribution in [1.29, 1.82) is 0 Å². The second kappa shape index (κ2) is 8.78. The van der Waals surface area contributed by atoms with E-state index in [1.165, 1.54) is 30.7 Å². The molecule has 4 rings (SSSR count). The monoisotopic (exact) mass is 412 g/mol. The van der Waals surface area contributed by atoms with Crippen molar-refractivity contribution in [1.82, 2.24) is 20.2 Å². The Balaban J connectivity index is 1.68. The third-order valence-corrected chi connectivity index (χ3v) is 4.41. The Morgan fingerprint density at radius 3 is 2.58 bits per heavy atom. The van der Waals surface area contributed by atoms with Gasteiger partial charge in [-0.05, 0) is 24.3 Å². The summed E-state index contributed by atoms with van der Waals surface area (Å²) in [6.07, 6.45) is 6.23. The number of pyridine rings is 1. The fraction of sp³-hybridized carbons (Fsp3) is 0. The van der Waals surface area contributed by atoms with E-state index in [1.807, 2.05) is 30.3 Å². The van der Waals surface area contributed by atoms with Gasteiger partial charge in [0.25, 0.3) is 11.6 Å². The third-order valence-electron chi connectivity index (χ3n) is 4.41. The van der Waals surface area contributed by atoms with Gasteiger partial charge >= 0.3 is 0 Å². The summed E-state index contributed by atoms with van der Waals surface area (Å²) in [5.74, 6) is -0.383. The summed E-state index contributed by atoms with van der Waals surface area (Å²) in [6.45, 7) is 0. The van der Waals surface area contributed by atoms with Crippen LogP contribution in [0.1, 0.15) is 15.9 Å². The van der Waals surface area contributed by atoms with Crippen molar-refractivity contribution in [2.45, 2.75) is 0 Å². The minimum atomic E-state index is -0.458. The van der Waals surface area contributed by atoms with Gasteiger partial charge in [0.2, 0.25) is 0 Å². The normalized spacial score (nSPS) is 10.8. The van der Waals surface area contributed by atoms with Crippen molar-refractivity contribution in [3.63, 3.8) is 0 Å². The molecule has 9 heteroatoms. The van der Waals surface area contributed by atoms with Gasteiger partial charge in [0.15, 0.2) is 0 Å². The Hall–Kier alpha value is -4.66. The lowest BCUT2D eigenvalue weighted by molar-refractivity contribution is -0.384. The van der Waals surface area contributed by atoms with Gasteiger partial charge in [-0.25, -0.2) is 10.1 Å². The molecule has 1 amide bonds. The van der Waals surface area contributed by atoms with E-state index >= 15 is 0 Å². The van der Waals surface area contributed by atoms with Crippen LogP contribution in [0.15, 0.2) is 90.4 Å². The predicted molar refractivity (Wildman–Crippen MR) is 115 cm³/mol. The molecular weight excluding hydrogens is 396 g/mol. The predicted octanol–water partition coefficient (Wildman–Crippen LogP) is 3.61. The zero-order chi connectivity index (χ0) is 21.6. The Bertz CT molecular complexity index is 1250. The van der Waals surface area contributed by atoms with Crippen LogP contribution in [0.4, 0.5) is 5.69 Å². The maximum Gasteiger partial charge on any atom is 0.271 e. The number of rotatable bonds is 6. The van der Waals surface area contributed by atoms with E-state index in [1.54, 1.807) is 35.1 Å². The standard InChI is InChI=1S/C22H16N6O3/c29-22(16-9-11-23-12-10-16)25-24-14-18-15-27(19-6-2-1-3-7-19)26-21(18)17-5-4-8-20(13-17)28(30)31/h1-15H,(H,25,29). The molecule has 2 aromatic heterocycles. The van der Waals surface area contributed by atoms with E-state index in [4.69, 9.17) is 0 Å². The maximum atomic E-state index is 12.2. The molecule has 4 aromatic rings. The number of benzene rings is 2. The molecule has 31 heavy (non-hydrogen) atoms. The van der Waals surface area contributed by atoms with Crippen molar-refractivity contribution < 1.29 is 9.72 Å². The number of hydrazone groups is 1. The molecule has 0 spiro atoms. The first-order valence-corrected chi connectivity index (χ1v) is 9.25. The lowest BCUT2D eigenvalue weighted by Gasteiger charge is -2.01. The molecule has 0 saturated heterocycles. The molecule has 0 unspecified atom stereocenters. The highest BCUT2D eigenvalue weighted by atomic mass is 16.6. The number of hydrogen-bond acceptors (Lipinski definition) is 6. The highest BCUT2D eigenvalue weighted by molar-refractivity contribution is 5.95. The first-order chi connectivity index (χ1) is 15.1. The van der Waals surface area contributed by atoms with Gasteiger partial charge in [-0.15, -0.1) is 0 Å². The van der Waals surface area contributed by atoms with Crippen LogP contribution in [0.2, 0.25) is 0 Å². The number of nitrogens with zero attached hydrogens (tertiary/aromatic N) is 5. The van der Waals surface area contributed by atoms with Gasteiger partial charge in [-0.3, -0.25) is 19.9 Å². The van der Waals surface area contributed by atoms with Crippen molar-refractivity contribution in [3.05, 3.63) is 107 Å². The maximum absolute atomic E-state index is 12.2. The zero-order valence-corrected chi connectivity index (χ0v) is 16.1. The lowest BCUT2D eigenvalue weighted by atomic mass is 10.1. The van der Waals surface area contributed by atoms with Gasteiger partial charge in [0.1, 0.15) is 5.69 Å². The molecule has 1 N–H and O–H groups in total. The van der Waals surface area contributed by atoms with Gasteiger partial charge in [0, 0.05) is 47.4 Å².